The second kappa shape index (κ2) is 4.33. The van der Waals surface area contributed by atoms with Gasteiger partial charge >= 0.3 is 0 Å². The Kier molecular flexibility index (Phi) is 2.77. The van der Waals surface area contributed by atoms with E-state index in [1.807, 2.05) is 24.3 Å². The molecule has 1 amide bonds. The standard InChI is InChI=1S/C14H14F2N2O/c15-14(16)5-6-18(9-14)13(19)7-10-8-17-12-4-2-1-3-11(10)12/h1-4,8,17H,5-7,9H2. The van der Waals surface area contributed by atoms with Crippen molar-refractivity contribution in [2.75, 3.05) is 13.1 Å². The smallest absolute Gasteiger partial charge is 0.267 e. The maximum absolute atomic E-state index is 13.1. The lowest BCUT2D eigenvalue weighted by molar-refractivity contribution is -0.130. The first-order chi connectivity index (χ1) is 9.05. The van der Waals surface area contributed by atoms with Gasteiger partial charge in [0.15, 0.2) is 0 Å². The van der Waals surface area contributed by atoms with Gasteiger partial charge in [0, 0.05) is 30.1 Å². The summed E-state index contributed by atoms with van der Waals surface area (Å²) in [5, 5.41) is 0.974. The van der Waals surface area contributed by atoms with Gasteiger partial charge in [-0.2, -0.15) is 0 Å². The molecule has 1 fully saturated rings. The Morgan fingerprint density at radius 1 is 1.37 bits per heavy atom. The Balaban J connectivity index is 1.77. The fourth-order valence-corrected chi connectivity index (χ4v) is 2.50. The highest BCUT2D eigenvalue weighted by molar-refractivity contribution is 5.89. The van der Waals surface area contributed by atoms with E-state index in [4.69, 9.17) is 0 Å². The van der Waals surface area contributed by atoms with Crippen molar-refractivity contribution in [1.82, 2.24) is 9.88 Å². The van der Waals surface area contributed by atoms with Gasteiger partial charge in [-0.3, -0.25) is 4.79 Å². The monoisotopic (exact) mass is 264 g/mol. The minimum Gasteiger partial charge on any atom is -0.361 e. The number of carbonyl (C=O) groups excluding carboxylic acids is 1. The highest BCUT2D eigenvalue weighted by atomic mass is 19.3. The van der Waals surface area contributed by atoms with Crippen molar-refractivity contribution in [3.8, 4) is 0 Å². The highest BCUT2D eigenvalue weighted by Crippen LogP contribution is 2.27. The van der Waals surface area contributed by atoms with Crippen LogP contribution >= 0.6 is 0 Å². The van der Waals surface area contributed by atoms with Crippen LogP contribution in [0.4, 0.5) is 8.78 Å². The molecule has 0 saturated carbocycles. The average molecular weight is 264 g/mol. The van der Waals surface area contributed by atoms with Crippen molar-refractivity contribution in [3.63, 3.8) is 0 Å². The maximum atomic E-state index is 13.1. The van der Waals surface area contributed by atoms with E-state index in [0.29, 0.717) is 0 Å². The molecule has 1 saturated heterocycles. The predicted molar refractivity (Wildman–Crippen MR) is 68.1 cm³/mol. The highest BCUT2D eigenvalue weighted by Gasteiger charge is 2.40. The van der Waals surface area contributed by atoms with Gasteiger partial charge in [-0.15, -0.1) is 0 Å². The first-order valence-corrected chi connectivity index (χ1v) is 6.26. The van der Waals surface area contributed by atoms with Crippen LogP contribution in [0.1, 0.15) is 12.0 Å². The number of amides is 1. The van der Waals surface area contributed by atoms with Crippen LogP contribution in [0.2, 0.25) is 0 Å². The topological polar surface area (TPSA) is 36.1 Å². The number of fused-ring (bicyclic) bond motifs is 1. The maximum Gasteiger partial charge on any atom is 0.267 e. The number of para-hydroxylation sites is 1. The van der Waals surface area contributed by atoms with Gasteiger partial charge in [-0.05, 0) is 11.6 Å². The molecule has 1 aliphatic rings. The van der Waals surface area contributed by atoms with Crippen molar-refractivity contribution in [2.45, 2.75) is 18.8 Å². The van der Waals surface area contributed by atoms with E-state index in [0.717, 1.165) is 16.5 Å². The van der Waals surface area contributed by atoms with Crippen molar-refractivity contribution in [2.24, 2.45) is 0 Å². The van der Waals surface area contributed by atoms with Crippen LogP contribution in [0.5, 0.6) is 0 Å². The minimum absolute atomic E-state index is 0.147. The number of rotatable bonds is 2. The summed E-state index contributed by atoms with van der Waals surface area (Å²) in [7, 11) is 0. The number of likely N-dealkylation sites (tertiary alicyclic amines) is 1. The van der Waals surface area contributed by atoms with Crippen molar-refractivity contribution >= 4 is 16.8 Å². The number of alkyl halides is 2. The van der Waals surface area contributed by atoms with E-state index in [9.17, 15) is 13.6 Å². The molecule has 0 aliphatic carbocycles. The molecule has 1 aliphatic heterocycles. The number of H-pyrrole nitrogens is 1. The zero-order chi connectivity index (χ0) is 13.5. The Morgan fingerprint density at radius 2 is 2.16 bits per heavy atom. The number of nitrogens with zero attached hydrogens (tertiary/aromatic N) is 1. The lowest BCUT2D eigenvalue weighted by atomic mass is 10.1. The van der Waals surface area contributed by atoms with Crippen LogP contribution in [-0.2, 0) is 11.2 Å². The zero-order valence-corrected chi connectivity index (χ0v) is 10.3. The molecule has 1 aromatic heterocycles. The average Bonchev–Trinajstić information content (AvgIpc) is 2.94. The van der Waals surface area contributed by atoms with Crippen LogP contribution in [0.25, 0.3) is 10.9 Å². The van der Waals surface area contributed by atoms with Gasteiger partial charge in [0.2, 0.25) is 5.91 Å². The molecule has 0 spiro atoms. The van der Waals surface area contributed by atoms with E-state index >= 15 is 0 Å². The number of hydrogen-bond donors (Lipinski definition) is 1. The van der Waals surface area contributed by atoms with Gasteiger partial charge in [0.25, 0.3) is 5.92 Å². The third-order valence-corrected chi connectivity index (χ3v) is 3.54. The molecule has 3 rings (SSSR count). The van der Waals surface area contributed by atoms with Gasteiger partial charge in [0.1, 0.15) is 0 Å². The summed E-state index contributed by atoms with van der Waals surface area (Å²) >= 11 is 0. The van der Waals surface area contributed by atoms with Crippen molar-refractivity contribution < 1.29 is 13.6 Å². The van der Waals surface area contributed by atoms with Crippen molar-refractivity contribution in [3.05, 3.63) is 36.0 Å². The molecule has 2 aromatic rings. The minimum atomic E-state index is -2.73. The molecule has 0 atom stereocenters. The number of aromatic nitrogens is 1. The Labute approximate surface area is 109 Å². The normalized spacial score (nSPS) is 18.1. The Morgan fingerprint density at radius 3 is 2.89 bits per heavy atom. The molecule has 2 heterocycles. The fourth-order valence-electron chi connectivity index (χ4n) is 2.50. The van der Waals surface area contributed by atoms with E-state index in [-0.39, 0.29) is 25.3 Å². The van der Waals surface area contributed by atoms with Gasteiger partial charge in [0.05, 0.1) is 13.0 Å². The van der Waals surface area contributed by atoms with Crippen LogP contribution < -0.4 is 0 Å². The summed E-state index contributed by atoms with van der Waals surface area (Å²) in [6.07, 6.45) is 1.71. The molecule has 100 valence electrons. The molecule has 0 unspecified atom stereocenters. The molecule has 1 aromatic carbocycles. The van der Waals surface area contributed by atoms with Crippen molar-refractivity contribution in [1.29, 1.82) is 0 Å². The Bertz CT molecular complexity index is 621. The lowest BCUT2D eigenvalue weighted by Gasteiger charge is -2.15. The molecule has 3 nitrogen and oxygen atoms in total. The number of aromatic amines is 1. The largest absolute Gasteiger partial charge is 0.361 e. The fraction of sp³-hybridized carbons (Fsp3) is 0.357. The summed E-state index contributed by atoms with van der Waals surface area (Å²) in [6.45, 7) is -0.303. The van der Waals surface area contributed by atoms with E-state index in [1.54, 1.807) is 6.20 Å². The molecule has 19 heavy (non-hydrogen) atoms. The number of benzene rings is 1. The molecule has 1 N–H and O–H groups in total. The number of hydrogen-bond acceptors (Lipinski definition) is 1. The molecule has 0 radical (unpaired) electrons. The third-order valence-electron chi connectivity index (χ3n) is 3.54. The first-order valence-electron chi connectivity index (χ1n) is 6.26. The molecular formula is C14H14F2N2O. The SMILES string of the molecule is O=C(Cc1c[nH]c2ccccc12)N1CCC(F)(F)C1. The zero-order valence-electron chi connectivity index (χ0n) is 10.3. The quantitative estimate of drug-likeness (QED) is 0.889. The second-order valence-electron chi connectivity index (χ2n) is 4.96. The molecule has 0 bridgehead atoms. The molecular weight excluding hydrogens is 250 g/mol. The van der Waals surface area contributed by atoms with Crippen LogP contribution in [0.3, 0.4) is 0 Å². The summed E-state index contributed by atoms with van der Waals surface area (Å²) < 4.78 is 26.2. The molecule has 5 heteroatoms. The van der Waals surface area contributed by atoms with Crippen LogP contribution in [0.15, 0.2) is 30.5 Å². The van der Waals surface area contributed by atoms with E-state index in [2.05, 4.69) is 4.98 Å². The lowest BCUT2D eigenvalue weighted by Crippen LogP contribution is -2.32. The predicted octanol–water partition coefficient (Wildman–Crippen LogP) is 2.58. The van der Waals surface area contributed by atoms with Crippen LogP contribution in [0, 0.1) is 0 Å². The number of carbonyl (C=O) groups is 1. The number of nitrogens with one attached hydrogen (secondary N) is 1. The summed E-state index contributed by atoms with van der Waals surface area (Å²) in [4.78, 5) is 16.4. The van der Waals surface area contributed by atoms with Gasteiger partial charge in [-0.25, -0.2) is 8.78 Å². The third kappa shape index (κ3) is 2.32. The van der Waals surface area contributed by atoms with Gasteiger partial charge < -0.3 is 9.88 Å². The first kappa shape index (κ1) is 12.1. The summed E-state index contributed by atoms with van der Waals surface area (Å²) in [5.41, 5.74) is 1.81. The van der Waals surface area contributed by atoms with E-state index in [1.165, 1.54) is 4.90 Å². The second-order valence-corrected chi connectivity index (χ2v) is 4.96. The van der Waals surface area contributed by atoms with E-state index < -0.39 is 12.5 Å². The summed E-state index contributed by atoms with van der Waals surface area (Å²) in [6, 6.07) is 7.65. The Hall–Kier alpha value is -1.91. The van der Waals surface area contributed by atoms with Gasteiger partial charge in [-0.1, -0.05) is 18.2 Å². The summed E-state index contributed by atoms with van der Waals surface area (Å²) in [5.74, 6) is -2.96. The van der Waals surface area contributed by atoms with Crippen LogP contribution in [-0.4, -0.2) is 34.8 Å². The number of halogens is 2.